The van der Waals surface area contributed by atoms with E-state index in [-0.39, 0.29) is 0 Å². The smallest absolute Gasteiger partial charge is 0.161 e. The number of imidazole rings is 2. The fraction of sp³-hybridized carbons (Fsp3) is 0.214. The molecule has 0 amide bonds. The lowest BCUT2D eigenvalue weighted by atomic mass is 10.3. The number of aromatic nitrogens is 8. The Morgan fingerprint density at radius 1 is 0.650 bits per heavy atom. The van der Waals surface area contributed by atoms with Crippen LogP contribution in [-0.4, -0.2) is 50.5 Å². The zero-order chi connectivity index (χ0) is 27.6. The summed E-state index contributed by atoms with van der Waals surface area (Å²) in [7, 11) is 7.24. The molecule has 6 aromatic rings. The monoisotopic (exact) mass is 602 g/mol. The van der Waals surface area contributed by atoms with Crippen molar-refractivity contribution >= 4 is 67.4 Å². The van der Waals surface area contributed by atoms with E-state index in [4.69, 9.17) is 19.9 Å². The molecule has 8 nitrogen and oxygen atoms in total. The number of rotatable bonds is 9. The molecule has 6 heterocycles. The molecule has 6 aromatic heterocycles. The molecular formula is C28H26N8S4. The standard InChI is InChI=1S/C28H26N8S4/c1-5-37-21-9-7-11-29-23(21)27-33-19-13-17(15-31-25(19)35(27)3)39-40-18-14-20-26(32-16-18)36(4)28(34-20)24-22(38-6-2)10-8-12-30-24/h7-16H,5-6H2,1-4H3. The molecule has 0 aromatic carbocycles. The Morgan fingerprint density at radius 3 is 1.52 bits per heavy atom. The Labute approximate surface area is 248 Å². The van der Waals surface area contributed by atoms with Crippen LogP contribution in [0.5, 0.6) is 0 Å². The summed E-state index contributed by atoms with van der Waals surface area (Å²) in [5.74, 6) is 3.59. The van der Waals surface area contributed by atoms with E-state index in [0.29, 0.717) is 0 Å². The first-order valence-electron chi connectivity index (χ1n) is 12.7. The second-order valence-electron chi connectivity index (χ2n) is 8.75. The van der Waals surface area contributed by atoms with E-state index in [1.54, 1.807) is 45.1 Å². The average molecular weight is 603 g/mol. The summed E-state index contributed by atoms with van der Waals surface area (Å²) in [4.78, 5) is 32.8. The van der Waals surface area contributed by atoms with Crippen LogP contribution in [0.2, 0.25) is 0 Å². The van der Waals surface area contributed by atoms with Gasteiger partial charge in [0.05, 0.1) is 0 Å². The average Bonchev–Trinajstić information content (AvgIpc) is 3.48. The second kappa shape index (κ2) is 11.8. The quantitative estimate of drug-likeness (QED) is 0.123. The van der Waals surface area contributed by atoms with Gasteiger partial charge in [-0.3, -0.25) is 9.97 Å². The van der Waals surface area contributed by atoms with Crippen LogP contribution in [0.25, 0.3) is 45.4 Å². The van der Waals surface area contributed by atoms with Crippen molar-refractivity contribution in [3.05, 3.63) is 61.2 Å². The minimum atomic E-state index is 0.822. The number of aryl methyl sites for hydroxylation is 2. The molecule has 40 heavy (non-hydrogen) atoms. The van der Waals surface area contributed by atoms with Crippen LogP contribution in [0, 0.1) is 0 Å². The van der Waals surface area contributed by atoms with Gasteiger partial charge in [-0.2, -0.15) is 0 Å². The van der Waals surface area contributed by atoms with Crippen molar-refractivity contribution in [2.75, 3.05) is 11.5 Å². The highest BCUT2D eigenvalue weighted by Gasteiger charge is 2.18. The minimum Gasteiger partial charge on any atom is -0.310 e. The van der Waals surface area contributed by atoms with E-state index < -0.39 is 0 Å². The Hall–Kier alpha value is -3.06. The van der Waals surface area contributed by atoms with E-state index >= 15 is 0 Å². The number of nitrogens with zero attached hydrogens (tertiary/aromatic N) is 8. The van der Waals surface area contributed by atoms with Gasteiger partial charge in [-0.25, -0.2) is 19.9 Å². The number of pyridine rings is 4. The van der Waals surface area contributed by atoms with Gasteiger partial charge in [0, 0.05) is 58.5 Å². The third-order valence-electron chi connectivity index (χ3n) is 6.17. The first kappa shape index (κ1) is 27.1. The molecule has 0 unspecified atom stereocenters. The normalized spacial score (nSPS) is 11.6. The van der Waals surface area contributed by atoms with Gasteiger partial charge in [-0.15, -0.1) is 23.5 Å². The summed E-state index contributed by atoms with van der Waals surface area (Å²) in [6, 6.07) is 12.3. The third-order valence-corrected chi connectivity index (χ3v) is 10.3. The Kier molecular flexibility index (Phi) is 8.01. The van der Waals surface area contributed by atoms with Crippen LogP contribution in [0.3, 0.4) is 0 Å². The van der Waals surface area contributed by atoms with Crippen LogP contribution in [0.1, 0.15) is 13.8 Å². The lowest BCUT2D eigenvalue weighted by Gasteiger charge is -2.06. The summed E-state index contributed by atoms with van der Waals surface area (Å²) >= 11 is 3.54. The van der Waals surface area contributed by atoms with Gasteiger partial charge in [0.2, 0.25) is 0 Å². The van der Waals surface area contributed by atoms with Crippen molar-refractivity contribution in [1.82, 2.24) is 39.0 Å². The third kappa shape index (κ3) is 5.20. The molecule has 0 aliphatic heterocycles. The largest absolute Gasteiger partial charge is 0.310 e. The molecule has 0 N–H and O–H groups in total. The lowest BCUT2D eigenvalue weighted by Crippen LogP contribution is -1.97. The second-order valence-corrected chi connectivity index (χ2v) is 13.6. The maximum atomic E-state index is 4.91. The van der Waals surface area contributed by atoms with Crippen molar-refractivity contribution < 1.29 is 0 Å². The molecule has 0 fully saturated rings. The van der Waals surface area contributed by atoms with Crippen molar-refractivity contribution in [2.24, 2.45) is 14.1 Å². The molecule has 0 atom stereocenters. The molecule has 6 rings (SSSR count). The minimum absolute atomic E-state index is 0.822. The molecule has 0 radical (unpaired) electrons. The predicted octanol–water partition coefficient (Wildman–Crippen LogP) is 7.40. The van der Waals surface area contributed by atoms with E-state index in [2.05, 4.69) is 48.1 Å². The number of fused-ring (bicyclic) bond motifs is 2. The van der Waals surface area contributed by atoms with E-state index in [0.717, 1.165) is 76.5 Å². The molecule has 202 valence electrons. The highest BCUT2D eigenvalue weighted by molar-refractivity contribution is 8.76. The summed E-state index contributed by atoms with van der Waals surface area (Å²) in [6.07, 6.45) is 7.41. The number of hydrogen-bond donors (Lipinski definition) is 0. The zero-order valence-electron chi connectivity index (χ0n) is 22.4. The summed E-state index contributed by atoms with van der Waals surface area (Å²) in [5, 5.41) is 0. The van der Waals surface area contributed by atoms with Crippen molar-refractivity contribution in [1.29, 1.82) is 0 Å². The van der Waals surface area contributed by atoms with E-state index in [1.807, 2.05) is 60.1 Å². The lowest BCUT2D eigenvalue weighted by molar-refractivity contribution is 0.926. The van der Waals surface area contributed by atoms with Crippen LogP contribution in [0.4, 0.5) is 0 Å². The summed E-state index contributed by atoms with van der Waals surface area (Å²) in [6.45, 7) is 4.28. The predicted molar refractivity (Wildman–Crippen MR) is 168 cm³/mol. The molecule has 12 heteroatoms. The van der Waals surface area contributed by atoms with E-state index in [1.165, 1.54) is 0 Å². The molecular weight excluding hydrogens is 577 g/mol. The van der Waals surface area contributed by atoms with Gasteiger partial charge in [0.25, 0.3) is 0 Å². The van der Waals surface area contributed by atoms with Gasteiger partial charge < -0.3 is 9.13 Å². The Bertz CT molecular complexity index is 1700. The van der Waals surface area contributed by atoms with Gasteiger partial charge in [-0.05, 0) is 47.9 Å². The first-order chi connectivity index (χ1) is 19.6. The summed E-state index contributed by atoms with van der Waals surface area (Å²) in [5.41, 5.74) is 5.14. The van der Waals surface area contributed by atoms with Crippen molar-refractivity contribution in [3.63, 3.8) is 0 Å². The van der Waals surface area contributed by atoms with Crippen molar-refractivity contribution in [2.45, 2.75) is 33.4 Å². The fourth-order valence-corrected chi connectivity index (χ4v) is 7.75. The van der Waals surface area contributed by atoms with Gasteiger partial charge >= 0.3 is 0 Å². The Morgan fingerprint density at radius 2 is 1.10 bits per heavy atom. The maximum absolute atomic E-state index is 4.91. The topological polar surface area (TPSA) is 87.2 Å². The van der Waals surface area contributed by atoms with Crippen LogP contribution in [0.15, 0.2) is 80.8 Å². The molecule has 0 saturated heterocycles. The fourth-order valence-electron chi connectivity index (χ4n) is 4.39. The van der Waals surface area contributed by atoms with Gasteiger partial charge in [-0.1, -0.05) is 35.4 Å². The Balaban J connectivity index is 1.25. The molecule has 0 spiro atoms. The first-order valence-corrected chi connectivity index (χ1v) is 16.8. The highest BCUT2D eigenvalue weighted by atomic mass is 33.1. The van der Waals surface area contributed by atoms with Crippen LogP contribution >= 0.6 is 45.1 Å². The van der Waals surface area contributed by atoms with Crippen molar-refractivity contribution in [3.8, 4) is 23.0 Å². The van der Waals surface area contributed by atoms with Gasteiger partial charge in [0.15, 0.2) is 22.9 Å². The molecule has 0 bridgehead atoms. The molecule has 0 saturated carbocycles. The molecule has 0 aliphatic carbocycles. The zero-order valence-corrected chi connectivity index (χ0v) is 25.7. The van der Waals surface area contributed by atoms with Crippen LogP contribution in [-0.2, 0) is 14.1 Å². The van der Waals surface area contributed by atoms with Crippen LogP contribution < -0.4 is 0 Å². The maximum Gasteiger partial charge on any atom is 0.161 e. The highest BCUT2D eigenvalue weighted by Crippen LogP contribution is 2.39. The van der Waals surface area contributed by atoms with Gasteiger partial charge in [0.1, 0.15) is 22.4 Å². The number of hydrogen-bond acceptors (Lipinski definition) is 10. The van der Waals surface area contributed by atoms with E-state index in [9.17, 15) is 0 Å². The number of thioether (sulfide) groups is 2. The molecule has 0 aliphatic rings. The summed E-state index contributed by atoms with van der Waals surface area (Å²) < 4.78 is 4.03. The SMILES string of the molecule is CCSc1cccnc1-c1nc2cc(SSc3cnc4c(c3)nc(-c3ncccc3SCC)n4C)cnc2n1C.